The van der Waals surface area contributed by atoms with Gasteiger partial charge in [-0.05, 0) is 62.0 Å². The lowest BCUT2D eigenvalue weighted by atomic mass is 10.2. The maximum Gasteiger partial charge on any atom is 0.256 e. The highest BCUT2D eigenvalue weighted by Crippen LogP contribution is 2.39. The Morgan fingerprint density at radius 1 is 1.25 bits per heavy atom. The molecule has 4 aromatic rings. The van der Waals surface area contributed by atoms with Crippen molar-refractivity contribution in [3.63, 3.8) is 0 Å². The largest absolute Gasteiger partial charge is 0.366 e. The van der Waals surface area contributed by atoms with Crippen LogP contribution in [0.15, 0.2) is 40.4 Å². The van der Waals surface area contributed by atoms with E-state index in [0.717, 1.165) is 38.2 Å². The zero-order chi connectivity index (χ0) is 21.7. The van der Waals surface area contributed by atoms with Crippen molar-refractivity contribution in [2.24, 2.45) is 0 Å². The molecule has 0 radical (unpaired) electrons. The minimum atomic E-state index is -0.471. The molecular formula is C21H21N7O2S2. The summed E-state index contributed by atoms with van der Waals surface area (Å²) in [6.45, 7) is 1.98. The van der Waals surface area contributed by atoms with Crippen molar-refractivity contribution in [2.75, 3.05) is 32.1 Å². The van der Waals surface area contributed by atoms with Gasteiger partial charge in [-0.2, -0.15) is 9.61 Å². The van der Waals surface area contributed by atoms with Gasteiger partial charge in [0.25, 0.3) is 5.91 Å². The van der Waals surface area contributed by atoms with E-state index in [1.807, 2.05) is 35.8 Å². The summed E-state index contributed by atoms with van der Waals surface area (Å²) in [6.07, 6.45) is 1.93. The van der Waals surface area contributed by atoms with Crippen LogP contribution in [0.2, 0.25) is 0 Å². The normalized spacial score (nSPS) is 19.6. The number of carbonyl (C=O) groups is 1. The van der Waals surface area contributed by atoms with Gasteiger partial charge in [-0.1, -0.05) is 11.3 Å². The number of hydrogen-bond donors (Lipinski definition) is 1. The minimum Gasteiger partial charge on any atom is -0.366 e. The average molecular weight is 468 g/mol. The van der Waals surface area contributed by atoms with Gasteiger partial charge in [0, 0.05) is 23.9 Å². The number of benzene rings is 1. The Bertz CT molecular complexity index is 1320. The summed E-state index contributed by atoms with van der Waals surface area (Å²) >= 11 is 2.97. The van der Waals surface area contributed by atoms with Crippen LogP contribution >= 0.6 is 23.1 Å². The smallest absolute Gasteiger partial charge is 0.256 e. The first-order valence-electron chi connectivity index (χ1n) is 10.5. The molecule has 1 amide bonds. The van der Waals surface area contributed by atoms with Gasteiger partial charge >= 0.3 is 0 Å². The van der Waals surface area contributed by atoms with Crippen LogP contribution in [0.1, 0.15) is 24.5 Å². The van der Waals surface area contributed by atoms with Gasteiger partial charge in [0.15, 0.2) is 10.8 Å². The van der Waals surface area contributed by atoms with Crippen LogP contribution in [0.4, 0.5) is 5.13 Å². The maximum atomic E-state index is 12.5. The quantitative estimate of drug-likeness (QED) is 0.478. The summed E-state index contributed by atoms with van der Waals surface area (Å²) in [5.41, 5.74) is 2.69. The molecule has 1 aliphatic heterocycles. The minimum absolute atomic E-state index is 0.155. The van der Waals surface area contributed by atoms with E-state index >= 15 is 0 Å². The molecule has 9 nitrogen and oxygen atoms in total. The number of hydrogen-bond acceptors (Lipinski definition) is 9. The summed E-state index contributed by atoms with van der Waals surface area (Å²) in [5.74, 6) is 0.416. The molecule has 1 unspecified atom stereocenters. The highest BCUT2D eigenvalue weighted by atomic mass is 32.2. The number of nitrogens with zero attached hydrogens (tertiary/aromatic N) is 6. The molecule has 164 valence electrons. The third kappa shape index (κ3) is 3.96. The number of morpholine rings is 1. The van der Waals surface area contributed by atoms with E-state index in [1.165, 1.54) is 35.9 Å². The number of fused-ring (bicyclic) bond motifs is 2. The lowest BCUT2D eigenvalue weighted by Gasteiger charge is -2.28. The molecule has 0 spiro atoms. The summed E-state index contributed by atoms with van der Waals surface area (Å²) in [7, 11) is 1.99. The van der Waals surface area contributed by atoms with Crippen molar-refractivity contribution < 1.29 is 9.53 Å². The zero-order valence-corrected chi connectivity index (χ0v) is 19.0. The van der Waals surface area contributed by atoms with Gasteiger partial charge < -0.3 is 9.64 Å². The Balaban J connectivity index is 1.21. The Morgan fingerprint density at radius 3 is 3.00 bits per heavy atom. The SMILES string of the molecule is CN1CCOC(C(=O)Nc2nc3ccc(Sc4nnc5ccc(C6CC6)nn45)cc3s2)C1. The number of nitrogens with one attached hydrogen (secondary N) is 1. The van der Waals surface area contributed by atoms with Crippen molar-refractivity contribution >= 4 is 50.0 Å². The predicted molar refractivity (Wildman–Crippen MR) is 122 cm³/mol. The number of likely N-dealkylation sites (N-methyl/N-ethyl adjacent to an activating group) is 1. The Labute approximate surface area is 192 Å². The standard InChI is InChI=1S/C21H21N7O2S2/c1-27-8-9-30-16(11-27)19(29)23-20-22-15-5-4-13(10-17(15)32-20)31-21-25-24-18-7-6-14(12-2-3-12)26-28(18)21/h4-7,10,12,16H,2-3,8-9,11H2,1H3,(H,22,23,29). The van der Waals surface area contributed by atoms with E-state index in [2.05, 4.69) is 31.5 Å². The first kappa shape index (κ1) is 20.0. The lowest BCUT2D eigenvalue weighted by Crippen LogP contribution is -2.46. The van der Waals surface area contributed by atoms with Crippen molar-refractivity contribution in [3.05, 3.63) is 36.0 Å². The average Bonchev–Trinajstić information content (AvgIpc) is 3.46. The van der Waals surface area contributed by atoms with Gasteiger partial charge in [-0.25, -0.2) is 4.98 Å². The summed E-state index contributed by atoms with van der Waals surface area (Å²) in [5, 5.41) is 17.5. The number of ether oxygens (including phenoxy) is 1. The molecule has 1 atom stereocenters. The van der Waals surface area contributed by atoms with Crippen molar-refractivity contribution in [1.29, 1.82) is 0 Å². The Kier molecular flexibility index (Phi) is 5.05. The number of thiazole rings is 1. The number of rotatable bonds is 5. The molecule has 2 fully saturated rings. The van der Waals surface area contributed by atoms with E-state index in [9.17, 15) is 4.79 Å². The summed E-state index contributed by atoms with van der Waals surface area (Å²) < 4.78 is 8.41. The summed E-state index contributed by atoms with van der Waals surface area (Å²) in [4.78, 5) is 20.2. The molecule has 1 N–H and O–H groups in total. The van der Waals surface area contributed by atoms with Crippen LogP contribution in [0.25, 0.3) is 15.9 Å². The molecule has 32 heavy (non-hydrogen) atoms. The number of carbonyl (C=O) groups excluding carboxylic acids is 1. The van der Waals surface area contributed by atoms with Crippen LogP contribution in [0, 0.1) is 0 Å². The monoisotopic (exact) mass is 467 g/mol. The fraction of sp³-hybridized carbons (Fsp3) is 0.381. The molecule has 3 aromatic heterocycles. The molecule has 1 aromatic carbocycles. The molecule has 1 saturated heterocycles. The number of amides is 1. The van der Waals surface area contributed by atoms with Gasteiger partial charge in [0.1, 0.15) is 6.10 Å². The molecule has 4 heterocycles. The van der Waals surface area contributed by atoms with Crippen LogP contribution in [0.5, 0.6) is 0 Å². The highest BCUT2D eigenvalue weighted by Gasteiger charge is 2.27. The van der Waals surface area contributed by atoms with Gasteiger partial charge in [0.2, 0.25) is 5.16 Å². The highest BCUT2D eigenvalue weighted by molar-refractivity contribution is 7.99. The predicted octanol–water partition coefficient (Wildman–Crippen LogP) is 3.03. The molecule has 1 aliphatic carbocycles. The van der Waals surface area contributed by atoms with Crippen molar-refractivity contribution in [3.8, 4) is 0 Å². The van der Waals surface area contributed by atoms with Gasteiger partial charge in [0.05, 0.1) is 22.5 Å². The van der Waals surface area contributed by atoms with E-state index in [4.69, 9.17) is 9.84 Å². The maximum absolute atomic E-state index is 12.5. The lowest BCUT2D eigenvalue weighted by molar-refractivity contribution is -0.132. The molecule has 11 heteroatoms. The van der Waals surface area contributed by atoms with Gasteiger partial charge in [-0.3, -0.25) is 10.1 Å². The second-order valence-electron chi connectivity index (χ2n) is 8.15. The summed E-state index contributed by atoms with van der Waals surface area (Å²) in [6, 6.07) is 10.0. The zero-order valence-electron chi connectivity index (χ0n) is 17.4. The van der Waals surface area contributed by atoms with E-state index in [0.29, 0.717) is 24.2 Å². The van der Waals surface area contributed by atoms with Gasteiger partial charge in [-0.15, -0.1) is 10.2 Å². The second-order valence-corrected chi connectivity index (χ2v) is 10.2. The fourth-order valence-electron chi connectivity index (χ4n) is 3.69. The fourth-order valence-corrected chi connectivity index (χ4v) is 5.50. The molecule has 0 bridgehead atoms. The van der Waals surface area contributed by atoms with Crippen LogP contribution in [0.3, 0.4) is 0 Å². The molecule has 2 aliphatic rings. The van der Waals surface area contributed by atoms with Crippen LogP contribution < -0.4 is 5.32 Å². The topological polar surface area (TPSA) is 97.5 Å². The van der Waals surface area contributed by atoms with Crippen molar-refractivity contribution in [2.45, 2.75) is 34.9 Å². The molecular weight excluding hydrogens is 446 g/mol. The van der Waals surface area contributed by atoms with Crippen LogP contribution in [-0.2, 0) is 9.53 Å². The van der Waals surface area contributed by atoms with E-state index in [1.54, 1.807) is 0 Å². The second kappa shape index (κ2) is 8.07. The molecule has 6 rings (SSSR count). The third-order valence-electron chi connectivity index (χ3n) is 5.61. The van der Waals surface area contributed by atoms with Crippen LogP contribution in [-0.4, -0.2) is 68.5 Å². The van der Waals surface area contributed by atoms with E-state index in [-0.39, 0.29) is 5.91 Å². The Hall–Kier alpha value is -2.60. The number of aromatic nitrogens is 5. The molecule has 1 saturated carbocycles. The number of anilines is 1. The first-order valence-corrected chi connectivity index (χ1v) is 12.2. The van der Waals surface area contributed by atoms with E-state index < -0.39 is 6.10 Å². The Morgan fingerprint density at radius 2 is 2.16 bits per heavy atom. The first-order chi connectivity index (χ1) is 15.6. The third-order valence-corrected chi connectivity index (χ3v) is 7.47. The van der Waals surface area contributed by atoms with Crippen molar-refractivity contribution in [1.82, 2.24) is 29.7 Å².